The van der Waals surface area contributed by atoms with Gasteiger partial charge < -0.3 is 5.73 Å². The maximum Gasteiger partial charge on any atom is 0.190 e. The average Bonchev–Trinajstić information content (AvgIpc) is 3.30. The van der Waals surface area contributed by atoms with E-state index in [0.717, 1.165) is 24.3 Å². The van der Waals surface area contributed by atoms with E-state index in [0.29, 0.717) is 22.5 Å². The van der Waals surface area contributed by atoms with Gasteiger partial charge in [-0.05, 0) is 25.3 Å². The number of nitriles is 1. The van der Waals surface area contributed by atoms with Crippen LogP contribution >= 0.6 is 11.8 Å². The maximum atomic E-state index is 9.18. The Balaban J connectivity index is 1.79. The van der Waals surface area contributed by atoms with Crippen molar-refractivity contribution in [3.05, 3.63) is 46.6 Å². The maximum absolute atomic E-state index is 9.18. The van der Waals surface area contributed by atoms with Crippen LogP contribution in [0.2, 0.25) is 0 Å². The molecular weight excluding hydrogens is 280 g/mol. The Kier molecular flexibility index (Phi) is 3.80. The summed E-state index contributed by atoms with van der Waals surface area (Å²) in [7, 11) is 0. The third-order valence-electron chi connectivity index (χ3n) is 3.51. The van der Waals surface area contributed by atoms with Crippen molar-refractivity contribution in [3.63, 3.8) is 0 Å². The van der Waals surface area contributed by atoms with E-state index in [-0.39, 0.29) is 0 Å². The molecule has 0 atom stereocenters. The van der Waals surface area contributed by atoms with Gasteiger partial charge in [0.05, 0.1) is 5.69 Å². The number of thioether (sulfide) groups is 1. The van der Waals surface area contributed by atoms with Crippen LogP contribution in [0.1, 0.15) is 41.1 Å². The summed E-state index contributed by atoms with van der Waals surface area (Å²) in [6.07, 6.45) is 2.18. The highest BCUT2D eigenvalue weighted by molar-refractivity contribution is 7.98. The Labute approximate surface area is 128 Å². The molecule has 1 aromatic carbocycles. The zero-order chi connectivity index (χ0) is 14.8. The fourth-order valence-electron chi connectivity index (χ4n) is 2.14. The summed E-state index contributed by atoms with van der Waals surface area (Å²) in [4.78, 5) is 8.80. The van der Waals surface area contributed by atoms with Gasteiger partial charge in [0.15, 0.2) is 5.16 Å². The lowest BCUT2D eigenvalue weighted by molar-refractivity contribution is 0.881. The number of nitrogens with two attached hydrogens (primary N) is 1. The fourth-order valence-corrected chi connectivity index (χ4v) is 2.95. The lowest BCUT2D eigenvalue weighted by atomic mass is 10.1. The van der Waals surface area contributed by atoms with E-state index in [1.165, 1.54) is 11.1 Å². The minimum atomic E-state index is 0.306. The Morgan fingerprint density at radius 2 is 2.00 bits per heavy atom. The van der Waals surface area contributed by atoms with Crippen LogP contribution in [0.4, 0.5) is 5.82 Å². The molecule has 1 aliphatic rings. The van der Waals surface area contributed by atoms with Gasteiger partial charge in [-0.25, -0.2) is 9.97 Å². The van der Waals surface area contributed by atoms with E-state index < -0.39 is 0 Å². The number of anilines is 1. The molecule has 0 amide bonds. The highest BCUT2D eigenvalue weighted by Gasteiger charge is 2.29. The van der Waals surface area contributed by atoms with Gasteiger partial charge in [-0.1, -0.05) is 41.6 Å². The molecular formula is C16H16N4S. The molecule has 0 bridgehead atoms. The molecule has 0 aliphatic heterocycles. The molecule has 1 heterocycles. The number of nitrogen functional groups attached to an aromatic ring is 1. The van der Waals surface area contributed by atoms with Crippen LogP contribution in [0.25, 0.3) is 0 Å². The fraction of sp³-hybridized carbons (Fsp3) is 0.312. The molecule has 2 aromatic rings. The second-order valence-corrected chi connectivity index (χ2v) is 6.25. The summed E-state index contributed by atoms with van der Waals surface area (Å²) >= 11 is 1.56. The first-order valence-electron chi connectivity index (χ1n) is 6.93. The largest absolute Gasteiger partial charge is 0.382 e. The second kappa shape index (κ2) is 5.74. The number of rotatable bonds is 4. The van der Waals surface area contributed by atoms with Gasteiger partial charge in [-0.3, -0.25) is 0 Å². The van der Waals surface area contributed by atoms with E-state index in [9.17, 15) is 5.26 Å². The van der Waals surface area contributed by atoms with Crippen LogP contribution in [0, 0.1) is 18.3 Å². The molecule has 3 rings (SSSR count). The van der Waals surface area contributed by atoms with Crippen molar-refractivity contribution in [3.8, 4) is 6.07 Å². The Bertz CT molecular complexity index is 699. The smallest absolute Gasteiger partial charge is 0.190 e. The second-order valence-electron chi connectivity index (χ2n) is 5.31. The van der Waals surface area contributed by atoms with Crippen molar-refractivity contribution in [1.82, 2.24) is 9.97 Å². The van der Waals surface area contributed by atoms with Crippen LogP contribution in [-0.2, 0) is 5.75 Å². The van der Waals surface area contributed by atoms with E-state index in [2.05, 4.69) is 47.2 Å². The summed E-state index contributed by atoms with van der Waals surface area (Å²) < 4.78 is 0. The molecule has 2 N–H and O–H groups in total. The first-order valence-corrected chi connectivity index (χ1v) is 7.92. The third kappa shape index (κ3) is 3.17. The van der Waals surface area contributed by atoms with Gasteiger partial charge in [0.1, 0.15) is 17.5 Å². The van der Waals surface area contributed by atoms with Crippen molar-refractivity contribution in [2.24, 2.45) is 0 Å². The first kappa shape index (κ1) is 13.9. The summed E-state index contributed by atoms with van der Waals surface area (Å²) in [5.41, 5.74) is 9.66. The predicted octanol–water partition coefficient (Wildman–Crippen LogP) is 3.41. The number of aromatic nitrogens is 2. The monoisotopic (exact) mass is 296 g/mol. The molecule has 21 heavy (non-hydrogen) atoms. The van der Waals surface area contributed by atoms with Crippen molar-refractivity contribution in [2.45, 2.75) is 36.6 Å². The predicted molar refractivity (Wildman–Crippen MR) is 83.9 cm³/mol. The lowest BCUT2D eigenvalue weighted by Crippen LogP contribution is -2.04. The van der Waals surface area contributed by atoms with Crippen LogP contribution in [0.3, 0.4) is 0 Å². The lowest BCUT2D eigenvalue weighted by Gasteiger charge is -2.07. The number of aryl methyl sites for hydroxylation is 1. The quantitative estimate of drug-likeness (QED) is 0.691. The molecule has 1 saturated carbocycles. The summed E-state index contributed by atoms with van der Waals surface area (Å²) in [6.45, 7) is 2.07. The molecule has 5 heteroatoms. The standard InChI is InChI=1S/C16H16N4S/c1-10-2-4-11(5-3-10)9-21-16-19-14(12-6-7-12)13(8-17)15(18)20-16/h2-5,12H,6-7,9H2,1H3,(H2,18,19,20). The van der Waals surface area contributed by atoms with Crippen LogP contribution in [-0.4, -0.2) is 9.97 Å². The average molecular weight is 296 g/mol. The SMILES string of the molecule is Cc1ccc(CSc2nc(N)c(C#N)c(C3CC3)n2)cc1. The van der Waals surface area contributed by atoms with Crippen molar-refractivity contribution in [2.75, 3.05) is 5.73 Å². The van der Waals surface area contributed by atoms with Crippen molar-refractivity contribution >= 4 is 17.6 Å². The number of benzene rings is 1. The van der Waals surface area contributed by atoms with Crippen molar-refractivity contribution in [1.29, 1.82) is 5.26 Å². The molecule has 0 radical (unpaired) electrons. The van der Waals surface area contributed by atoms with Gasteiger partial charge in [-0.2, -0.15) is 5.26 Å². The highest BCUT2D eigenvalue weighted by Crippen LogP contribution is 2.42. The van der Waals surface area contributed by atoms with Gasteiger partial charge in [0.25, 0.3) is 0 Å². The van der Waals surface area contributed by atoms with E-state index in [4.69, 9.17) is 5.73 Å². The van der Waals surface area contributed by atoms with E-state index >= 15 is 0 Å². The zero-order valence-electron chi connectivity index (χ0n) is 11.8. The summed E-state index contributed by atoms with van der Waals surface area (Å²) in [6, 6.07) is 10.5. The topological polar surface area (TPSA) is 75.6 Å². The molecule has 0 unspecified atom stereocenters. The molecule has 106 valence electrons. The molecule has 4 nitrogen and oxygen atoms in total. The number of hydrogen-bond acceptors (Lipinski definition) is 5. The Morgan fingerprint density at radius 3 is 2.62 bits per heavy atom. The third-order valence-corrected chi connectivity index (χ3v) is 4.43. The Morgan fingerprint density at radius 1 is 1.29 bits per heavy atom. The molecule has 0 spiro atoms. The van der Waals surface area contributed by atoms with Gasteiger partial charge in [0.2, 0.25) is 0 Å². The molecule has 0 saturated heterocycles. The summed E-state index contributed by atoms with van der Waals surface area (Å²) in [5, 5.41) is 9.84. The first-order chi connectivity index (χ1) is 10.2. The van der Waals surface area contributed by atoms with Gasteiger partial charge in [-0.15, -0.1) is 0 Å². The van der Waals surface area contributed by atoms with Gasteiger partial charge >= 0.3 is 0 Å². The molecule has 1 aromatic heterocycles. The van der Waals surface area contributed by atoms with Crippen molar-refractivity contribution < 1.29 is 0 Å². The minimum Gasteiger partial charge on any atom is -0.382 e. The van der Waals surface area contributed by atoms with Crippen LogP contribution in [0.15, 0.2) is 29.4 Å². The minimum absolute atomic E-state index is 0.306. The number of hydrogen-bond donors (Lipinski definition) is 1. The normalized spacial score (nSPS) is 13.9. The Hall–Kier alpha value is -2.06. The van der Waals surface area contributed by atoms with Crippen LogP contribution in [0.5, 0.6) is 0 Å². The highest BCUT2D eigenvalue weighted by atomic mass is 32.2. The van der Waals surface area contributed by atoms with E-state index in [1.807, 2.05) is 0 Å². The molecule has 1 fully saturated rings. The van der Waals surface area contributed by atoms with Gasteiger partial charge in [0, 0.05) is 11.7 Å². The summed E-state index contributed by atoms with van der Waals surface area (Å²) in [5.74, 6) is 1.50. The van der Waals surface area contributed by atoms with Crippen LogP contribution < -0.4 is 5.73 Å². The van der Waals surface area contributed by atoms with E-state index in [1.54, 1.807) is 11.8 Å². The molecule has 1 aliphatic carbocycles. The zero-order valence-corrected chi connectivity index (χ0v) is 12.7. The number of nitrogens with zero attached hydrogens (tertiary/aromatic N) is 3.